The van der Waals surface area contributed by atoms with Crippen molar-refractivity contribution in [3.05, 3.63) is 23.5 Å². The number of aromatic nitrogens is 1. The van der Waals surface area contributed by atoms with E-state index in [0.717, 1.165) is 19.6 Å². The maximum Gasteiger partial charge on any atom is 0.131 e. The number of pyridine rings is 1. The van der Waals surface area contributed by atoms with Crippen LogP contribution in [0.25, 0.3) is 0 Å². The molecule has 2 rings (SSSR count). The molecule has 0 aliphatic carbocycles. The van der Waals surface area contributed by atoms with Crippen LogP contribution in [-0.2, 0) is 0 Å². The van der Waals surface area contributed by atoms with Gasteiger partial charge in [-0.3, -0.25) is 0 Å². The molecule has 82 valence electrons. The van der Waals surface area contributed by atoms with Crippen LogP contribution in [0.4, 0.5) is 5.69 Å². The van der Waals surface area contributed by atoms with Crippen LogP contribution in [0.3, 0.4) is 0 Å². The Bertz CT molecular complexity index is 329. The van der Waals surface area contributed by atoms with Gasteiger partial charge in [-0.05, 0) is 32.1 Å². The van der Waals surface area contributed by atoms with Gasteiger partial charge in [0.1, 0.15) is 5.15 Å². The molecule has 0 radical (unpaired) electrons. The van der Waals surface area contributed by atoms with E-state index in [1.165, 1.54) is 18.7 Å². The molecule has 0 unspecified atom stereocenters. The van der Waals surface area contributed by atoms with Gasteiger partial charge in [0, 0.05) is 31.5 Å². The minimum absolute atomic E-state index is 0.574. The van der Waals surface area contributed by atoms with Gasteiger partial charge >= 0.3 is 0 Å². The molecule has 0 atom stereocenters. The Morgan fingerprint density at radius 2 is 2.13 bits per heavy atom. The second kappa shape index (κ2) is 4.81. The first-order chi connectivity index (χ1) is 7.25. The van der Waals surface area contributed by atoms with E-state index >= 15 is 0 Å². The Morgan fingerprint density at radius 3 is 2.93 bits per heavy atom. The number of anilines is 1. The minimum atomic E-state index is 0.574. The molecule has 0 spiro atoms. The number of halogens is 1. The summed E-state index contributed by atoms with van der Waals surface area (Å²) in [5, 5.41) is 0.574. The third-order valence-corrected chi connectivity index (χ3v) is 3.00. The van der Waals surface area contributed by atoms with Crippen molar-refractivity contribution in [1.82, 2.24) is 9.88 Å². The predicted molar refractivity (Wildman–Crippen MR) is 63.6 cm³/mol. The lowest BCUT2D eigenvalue weighted by Gasteiger charge is -2.22. The van der Waals surface area contributed by atoms with Gasteiger partial charge in [0.05, 0.1) is 0 Å². The van der Waals surface area contributed by atoms with E-state index in [1.807, 2.05) is 12.1 Å². The fraction of sp³-hybridized carbons (Fsp3) is 0.545. The van der Waals surface area contributed by atoms with Gasteiger partial charge in [-0.2, -0.15) is 0 Å². The largest absolute Gasteiger partial charge is 0.370 e. The van der Waals surface area contributed by atoms with Gasteiger partial charge in [0.25, 0.3) is 0 Å². The summed E-state index contributed by atoms with van der Waals surface area (Å²) in [6, 6.07) is 3.96. The Hall–Kier alpha value is -0.800. The van der Waals surface area contributed by atoms with Crippen molar-refractivity contribution >= 4 is 17.3 Å². The molecular formula is C11H16ClN3. The Kier molecular flexibility index (Phi) is 3.44. The first-order valence-electron chi connectivity index (χ1n) is 5.31. The Morgan fingerprint density at radius 1 is 1.27 bits per heavy atom. The van der Waals surface area contributed by atoms with Crippen molar-refractivity contribution in [3.63, 3.8) is 0 Å². The monoisotopic (exact) mass is 225 g/mol. The molecule has 1 aromatic rings. The zero-order valence-electron chi connectivity index (χ0n) is 8.99. The van der Waals surface area contributed by atoms with Gasteiger partial charge < -0.3 is 9.80 Å². The average molecular weight is 226 g/mol. The first-order valence-corrected chi connectivity index (χ1v) is 5.68. The van der Waals surface area contributed by atoms with Crippen LogP contribution < -0.4 is 4.90 Å². The fourth-order valence-corrected chi connectivity index (χ4v) is 2.06. The zero-order chi connectivity index (χ0) is 10.7. The van der Waals surface area contributed by atoms with E-state index in [0.29, 0.717) is 5.15 Å². The topological polar surface area (TPSA) is 19.4 Å². The highest BCUT2D eigenvalue weighted by atomic mass is 35.5. The molecule has 0 amide bonds. The van der Waals surface area contributed by atoms with E-state index in [-0.39, 0.29) is 0 Å². The van der Waals surface area contributed by atoms with Gasteiger partial charge in [-0.25, -0.2) is 4.98 Å². The van der Waals surface area contributed by atoms with Crippen LogP contribution in [-0.4, -0.2) is 43.1 Å². The van der Waals surface area contributed by atoms with Crippen LogP contribution in [0.15, 0.2) is 18.3 Å². The molecule has 1 aliphatic heterocycles. The Labute approximate surface area is 95.7 Å². The van der Waals surface area contributed by atoms with E-state index < -0.39 is 0 Å². The van der Waals surface area contributed by atoms with Gasteiger partial charge in [0.15, 0.2) is 0 Å². The lowest BCUT2D eigenvalue weighted by Crippen LogP contribution is -2.28. The quantitative estimate of drug-likeness (QED) is 0.681. The third-order valence-electron chi connectivity index (χ3n) is 2.79. The van der Waals surface area contributed by atoms with Gasteiger partial charge in [-0.1, -0.05) is 11.6 Å². The summed E-state index contributed by atoms with van der Waals surface area (Å²) in [5.41, 5.74) is 1.19. The van der Waals surface area contributed by atoms with E-state index in [1.54, 1.807) is 6.20 Å². The van der Waals surface area contributed by atoms with E-state index in [9.17, 15) is 0 Å². The number of likely N-dealkylation sites (N-methyl/N-ethyl adjacent to an activating group) is 1. The summed E-state index contributed by atoms with van der Waals surface area (Å²) in [6.07, 6.45) is 2.97. The van der Waals surface area contributed by atoms with Crippen molar-refractivity contribution < 1.29 is 0 Å². The molecule has 15 heavy (non-hydrogen) atoms. The summed E-state index contributed by atoms with van der Waals surface area (Å²) in [6.45, 7) is 4.46. The highest BCUT2D eigenvalue weighted by molar-refractivity contribution is 6.29. The van der Waals surface area contributed by atoms with Crippen LogP contribution in [0.1, 0.15) is 6.42 Å². The summed E-state index contributed by atoms with van der Waals surface area (Å²) >= 11 is 5.89. The van der Waals surface area contributed by atoms with Gasteiger partial charge in [-0.15, -0.1) is 0 Å². The minimum Gasteiger partial charge on any atom is -0.370 e. The van der Waals surface area contributed by atoms with Crippen molar-refractivity contribution in [1.29, 1.82) is 0 Å². The zero-order valence-corrected chi connectivity index (χ0v) is 9.74. The molecular weight excluding hydrogens is 210 g/mol. The van der Waals surface area contributed by atoms with Crippen molar-refractivity contribution in [2.24, 2.45) is 0 Å². The maximum absolute atomic E-state index is 5.89. The summed E-state index contributed by atoms with van der Waals surface area (Å²) in [5.74, 6) is 0. The number of rotatable bonds is 1. The standard InChI is InChI=1S/C11H16ClN3/c1-14-5-2-6-15(8-7-14)10-3-4-13-11(12)9-10/h3-4,9H,2,5-8H2,1H3. The summed E-state index contributed by atoms with van der Waals surface area (Å²) < 4.78 is 0. The highest BCUT2D eigenvalue weighted by Gasteiger charge is 2.12. The van der Waals surface area contributed by atoms with Crippen molar-refractivity contribution in [2.75, 3.05) is 38.1 Å². The molecule has 4 heteroatoms. The SMILES string of the molecule is CN1CCCN(c2ccnc(Cl)c2)CC1. The third kappa shape index (κ3) is 2.83. The van der Waals surface area contributed by atoms with Crippen LogP contribution in [0.2, 0.25) is 5.15 Å². The second-order valence-corrected chi connectivity index (χ2v) is 4.37. The van der Waals surface area contributed by atoms with E-state index in [2.05, 4.69) is 21.8 Å². The number of nitrogens with zero attached hydrogens (tertiary/aromatic N) is 3. The average Bonchev–Trinajstić information content (AvgIpc) is 2.43. The lowest BCUT2D eigenvalue weighted by molar-refractivity contribution is 0.360. The molecule has 0 N–H and O–H groups in total. The van der Waals surface area contributed by atoms with Crippen LogP contribution in [0, 0.1) is 0 Å². The molecule has 1 saturated heterocycles. The number of hydrogen-bond acceptors (Lipinski definition) is 3. The second-order valence-electron chi connectivity index (χ2n) is 3.98. The molecule has 1 aromatic heterocycles. The molecule has 1 aliphatic rings. The fourth-order valence-electron chi connectivity index (χ4n) is 1.89. The molecule has 0 bridgehead atoms. The number of hydrogen-bond donors (Lipinski definition) is 0. The van der Waals surface area contributed by atoms with Gasteiger partial charge in [0.2, 0.25) is 0 Å². The van der Waals surface area contributed by atoms with Crippen LogP contribution >= 0.6 is 11.6 Å². The normalized spacial score (nSPS) is 18.9. The summed E-state index contributed by atoms with van der Waals surface area (Å²) in [7, 11) is 2.17. The Balaban J connectivity index is 2.09. The smallest absolute Gasteiger partial charge is 0.131 e. The van der Waals surface area contributed by atoms with E-state index in [4.69, 9.17) is 11.6 Å². The highest BCUT2D eigenvalue weighted by Crippen LogP contribution is 2.18. The predicted octanol–water partition coefficient (Wildman–Crippen LogP) is 1.88. The van der Waals surface area contributed by atoms with Crippen LogP contribution in [0.5, 0.6) is 0 Å². The van der Waals surface area contributed by atoms with Crippen molar-refractivity contribution in [2.45, 2.75) is 6.42 Å². The molecule has 3 nitrogen and oxygen atoms in total. The van der Waals surface area contributed by atoms with Crippen molar-refractivity contribution in [3.8, 4) is 0 Å². The molecule has 0 aromatic carbocycles. The molecule has 0 saturated carbocycles. The molecule has 2 heterocycles. The molecule has 1 fully saturated rings. The summed E-state index contributed by atoms with van der Waals surface area (Å²) in [4.78, 5) is 8.74. The lowest BCUT2D eigenvalue weighted by atomic mass is 10.3. The first kappa shape index (κ1) is 10.7. The maximum atomic E-state index is 5.89.